The zero-order chi connectivity index (χ0) is 17.3. The second kappa shape index (κ2) is 6.82. The SMILES string of the molecule is COC(c1ccccc1OC(F)F)c1c(C)nc2cnc(Br)cn12. The highest BCUT2D eigenvalue weighted by atomic mass is 79.9. The first-order chi connectivity index (χ1) is 11.5. The fourth-order valence-electron chi connectivity index (χ4n) is 2.67. The van der Waals surface area contributed by atoms with Crippen LogP contribution in [-0.4, -0.2) is 28.1 Å². The van der Waals surface area contributed by atoms with Gasteiger partial charge in [-0.25, -0.2) is 9.97 Å². The van der Waals surface area contributed by atoms with E-state index in [-0.39, 0.29) is 5.75 Å². The van der Waals surface area contributed by atoms with Gasteiger partial charge in [-0.3, -0.25) is 4.40 Å². The molecule has 126 valence electrons. The first-order valence-corrected chi connectivity index (χ1v) is 7.87. The summed E-state index contributed by atoms with van der Waals surface area (Å²) in [4.78, 5) is 8.60. The van der Waals surface area contributed by atoms with Crippen molar-refractivity contribution >= 4 is 21.6 Å². The van der Waals surface area contributed by atoms with Crippen molar-refractivity contribution < 1.29 is 18.3 Å². The maximum atomic E-state index is 12.7. The third-order valence-electron chi connectivity index (χ3n) is 3.60. The van der Waals surface area contributed by atoms with Crippen LogP contribution >= 0.6 is 15.9 Å². The largest absolute Gasteiger partial charge is 0.434 e. The van der Waals surface area contributed by atoms with Gasteiger partial charge >= 0.3 is 6.61 Å². The minimum atomic E-state index is -2.91. The Kier molecular flexibility index (Phi) is 4.77. The van der Waals surface area contributed by atoms with E-state index < -0.39 is 12.7 Å². The number of para-hydroxylation sites is 1. The minimum Gasteiger partial charge on any atom is -0.434 e. The summed E-state index contributed by atoms with van der Waals surface area (Å²) in [5, 5.41) is 0. The number of hydrogen-bond donors (Lipinski definition) is 0. The summed E-state index contributed by atoms with van der Waals surface area (Å²) < 4.78 is 38.1. The van der Waals surface area contributed by atoms with E-state index in [1.165, 1.54) is 13.2 Å². The Labute approximate surface area is 145 Å². The molecule has 24 heavy (non-hydrogen) atoms. The van der Waals surface area contributed by atoms with E-state index in [1.54, 1.807) is 30.6 Å². The molecule has 0 aliphatic rings. The van der Waals surface area contributed by atoms with Crippen LogP contribution in [0.25, 0.3) is 5.65 Å². The third kappa shape index (κ3) is 3.11. The standard InChI is InChI=1S/C16H14BrF2N3O2/c1-9-14(22-8-12(17)20-7-13(22)21-9)15(23-2)10-5-3-4-6-11(10)24-16(18)19/h3-8,15-16H,1-2H3. The van der Waals surface area contributed by atoms with Crippen molar-refractivity contribution in [2.24, 2.45) is 0 Å². The quantitative estimate of drug-likeness (QED) is 0.649. The molecule has 0 saturated carbocycles. The van der Waals surface area contributed by atoms with Crippen molar-refractivity contribution in [1.82, 2.24) is 14.4 Å². The number of fused-ring (bicyclic) bond motifs is 1. The van der Waals surface area contributed by atoms with E-state index in [0.29, 0.717) is 21.5 Å². The molecule has 0 fully saturated rings. The number of halogens is 3. The summed E-state index contributed by atoms with van der Waals surface area (Å²) in [7, 11) is 1.51. The van der Waals surface area contributed by atoms with Gasteiger partial charge in [0.2, 0.25) is 0 Å². The molecule has 1 atom stereocenters. The van der Waals surface area contributed by atoms with Gasteiger partial charge in [0.1, 0.15) is 16.5 Å². The number of methoxy groups -OCH3 is 1. The van der Waals surface area contributed by atoms with E-state index in [2.05, 4.69) is 30.6 Å². The first kappa shape index (κ1) is 16.8. The predicted molar refractivity (Wildman–Crippen MR) is 87.4 cm³/mol. The lowest BCUT2D eigenvalue weighted by molar-refractivity contribution is -0.0516. The predicted octanol–water partition coefficient (Wildman–Crippen LogP) is 4.14. The molecule has 0 bridgehead atoms. The second-order valence-electron chi connectivity index (χ2n) is 5.05. The fourth-order valence-corrected chi connectivity index (χ4v) is 2.98. The van der Waals surface area contributed by atoms with Crippen LogP contribution in [-0.2, 0) is 4.74 Å². The number of alkyl halides is 2. The lowest BCUT2D eigenvalue weighted by atomic mass is 10.0. The maximum absolute atomic E-state index is 12.7. The van der Waals surface area contributed by atoms with Crippen LogP contribution in [0.15, 0.2) is 41.3 Å². The van der Waals surface area contributed by atoms with Crippen LogP contribution in [0, 0.1) is 6.92 Å². The molecule has 0 aliphatic heterocycles. The average molecular weight is 398 g/mol. The molecule has 0 saturated heterocycles. The van der Waals surface area contributed by atoms with Crippen LogP contribution in [0.3, 0.4) is 0 Å². The number of aromatic nitrogens is 3. The summed E-state index contributed by atoms with van der Waals surface area (Å²) >= 11 is 3.33. The van der Waals surface area contributed by atoms with Crippen molar-refractivity contribution in [3.05, 3.63) is 58.2 Å². The molecule has 5 nitrogen and oxygen atoms in total. The number of imidazole rings is 1. The fraction of sp³-hybridized carbons (Fsp3) is 0.250. The van der Waals surface area contributed by atoms with Gasteiger partial charge in [0.25, 0.3) is 0 Å². The van der Waals surface area contributed by atoms with Gasteiger partial charge in [0.15, 0.2) is 5.65 Å². The van der Waals surface area contributed by atoms with Crippen molar-refractivity contribution in [1.29, 1.82) is 0 Å². The molecule has 1 aromatic carbocycles. The number of benzene rings is 1. The Hall–Kier alpha value is -2.06. The Morgan fingerprint density at radius 2 is 2.00 bits per heavy atom. The van der Waals surface area contributed by atoms with E-state index in [4.69, 9.17) is 4.74 Å². The molecule has 0 amide bonds. The Bertz CT molecular complexity index is 870. The van der Waals surface area contributed by atoms with Crippen LogP contribution in [0.1, 0.15) is 23.1 Å². The number of hydrogen-bond acceptors (Lipinski definition) is 4. The van der Waals surface area contributed by atoms with Crippen molar-refractivity contribution in [3.8, 4) is 5.75 Å². The first-order valence-electron chi connectivity index (χ1n) is 7.08. The molecule has 2 heterocycles. The van der Waals surface area contributed by atoms with Gasteiger partial charge in [-0.1, -0.05) is 18.2 Å². The molecule has 3 rings (SSSR count). The molecule has 1 unspecified atom stereocenters. The summed E-state index contributed by atoms with van der Waals surface area (Å²) in [5.41, 5.74) is 2.58. The number of ether oxygens (including phenoxy) is 2. The molecular formula is C16H14BrF2N3O2. The molecule has 0 N–H and O–H groups in total. The van der Waals surface area contributed by atoms with Crippen molar-refractivity contribution in [3.63, 3.8) is 0 Å². The van der Waals surface area contributed by atoms with Gasteiger partial charge in [0.05, 0.1) is 17.6 Å². The van der Waals surface area contributed by atoms with Crippen LogP contribution in [0.4, 0.5) is 8.78 Å². The molecular weight excluding hydrogens is 384 g/mol. The zero-order valence-electron chi connectivity index (χ0n) is 12.9. The van der Waals surface area contributed by atoms with Gasteiger partial charge < -0.3 is 9.47 Å². The monoisotopic (exact) mass is 397 g/mol. The molecule has 0 radical (unpaired) electrons. The van der Waals surface area contributed by atoms with E-state index in [9.17, 15) is 8.78 Å². The van der Waals surface area contributed by atoms with Gasteiger partial charge in [0, 0.05) is 18.9 Å². The summed E-state index contributed by atoms with van der Waals surface area (Å²) in [6, 6.07) is 6.57. The van der Waals surface area contributed by atoms with Gasteiger partial charge in [-0.15, -0.1) is 0 Å². The normalized spacial score (nSPS) is 12.8. The summed E-state index contributed by atoms with van der Waals surface area (Å²) in [5.74, 6) is 0.0711. The number of rotatable bonds is 5. The third-order valence-corrected chi connectivity index (χ3v) is 4.01. The second-order valence-corrected chi connectivity index (χ2v) is 5.87. The smallest absolute Gasteiger partial charge is 0.387 e. The zero-order valence-corrected chi connectivity index (χ0v) is 14.5. The molecule has 2 aromatic heterocycles. The van der Waals surface area contributed by atoms with Crippen molar-refractivity contribution in [2.45, 2.75) is 19.6 Å². The minimum absolute atomic E-state index is 0.0711. The van der Waals surface area contributed by atoms with E-state index >= 15 is 0 Å². The Morgan fingerprint density at radius 1 is 1.25 bits per heavy atom. The molecule has 8 heteroatoms. The average Bonchev–Trinajstić information content (AvgIpc) is 2.85. The van der Waals surface area contributed by atoms with Gasteiger partial charge in [-0.05, 0) is 28.9 Å². The maximum Gasteiger partial charge on any atom is 0.387 e. The van der Waals surface area contributed by atoms with Crippen LogP contribution < -0.4 is 4.74 Å². The lowest BCUT2D eigenvalue weighted by Crippen LogP contribution is -2.12. The molecule has 0 aliphatic carbocycles. The highest BCUT2D eigenvalue weighted by Gasteiger charge is 2.25. The van der Waals surface area contributed by atoms with E-state index in [1.807, 2.05) is 11.3 Å². The van der Waals surface area contributed by atoms with Crippen molar-refractivity contribution in [2.75, 3.05) is 7.11 Å². The van der Waals surface area contributed by atoms with Gasteiger partial charge in [-0.2, -0.15) is 8.78 Å². The summed E-state index contributed by atoms with van der Waals surface area (Å²) in [6.45, 7) is -1.08. The highest BCUT2D eigenvalue weighted by Crippen LogP contribution is 2.35. The topological polar surface area (TPSA) is 48.7 Å². The van der Waals surface area contributed by atoms with E-state index in [0.717, 1.165) is 5.69 Å². The highest BCUT2D eigenvalue weighted by molar-refractivity contribution is 9.10. The number of aryl methyl sites for hydroxylation is 1. The summed E-state index contributed by atoms with van der Waals surface area (Å²) in [6.07, 6.45) is 2.76. The molecule has 3 aromatic rings. The number of nitrogens with zero attached hydrogens (tertiary/aromatic N) is 3. The van der Waals surface area contributed by atoms with Crippen LogP contribution in [0.5, 0.6) is 5.75 Å². The lowest BCUT2D eigenvalue weighted by Gasteiger charge is -2.20. The Balaban J connectivity index is 2.17. The Morgan fingerprint density at radius 3 is 2.71 bits per heavy atom. The molecule has 0 spiro atoms. The van der Waals surface area contributed by atoms with Crippen LogP contribution in [0.2, 0.25) is 0 Å².